The molecule has 0 atom stereocenters. The predicted octanol–water partition coefficient (Wildman–Crippen LogP) is 3.66. The summed E-state index contributed by atoms with van der Waals surface area (Å²) in [5, 5.41) is 12.7. The average Bonchev–Trinajstić information content (AvgIpc) is 3.04. The first-order valence-corrected chi connectivity index (χ1v) is 9.20. The maximum atomic E-state index is 11.3. The molecule has 0 bridgehead atoms. The zero-order valence-electron chi connectivity index (χ0n) is 16.2. The lowest BCUT2D eigenvalue weighted by Gasteiger charge is -2.15. The molecule has 3 aromatic rings. The number of anilines is 2. The number of rotatable bonds is 4. The molecule has 0 saturated heterocycles. The van der Waals surface area contributed by atoms with Crippen LogP contribution in [0.3, 0.4) is 0 Å². The van der Waals surface area contributed by atoms with E-state index in [1.54, 1.807) is 24.4 Å². The van der Waals surface area contributed by atoms with Gasteiger partial charge in [0.1, 0.15) is 0 Å². The van der Waals surface area contributed by atoms with Gasteiger partial charge in [0.05, 0.1) is 24.0 Å². The topological polar surface area (TPSA) is 82.8 Å². The Kier molecular flexibility index (Phi) is 4.87. The van der Waals surface area contributed by atoms with E-state index in [1.165, 1.54) is 0 Å². The molecule has 146 valence electrons. The van der Waals surface area contributed by atoms with E-state index < -0.39 is 5.97 Å². The monoisotopic (exact) mass is 387 g/mol. The van der Waals surface area contributed by atoms with Crippen molar-refractivity contribution in [2.45, 2.75) is 0 Å². The predicted molar refractivity (Wildman–Crippen MR) is 116 cm³/mol. The molecule has 7 nitrogen and oxygen atoms in total. The molecule has 0 radical (unpaired) electrons. The third kappa shape index (κ3) is 3.75. The molecule has 0 spiro atoms. The number of nitrogens with zero attached hydrogens (tertiary/aromatic N) is 4. The van der Waals surface area contributed by atoms with Crippen molar-refractivity contribution < 1.29 is 9.90 Å². The van der Waals surface area contributed by atoms with Crippen LogP contribution in [0.1, 0.15) is 16.2 Å². The molecule has 4 rings (SSSR count). The lowest BCUT2D eigenvalue weighted by Crippen LogP contribution is -2.18. The van der Waals surface area contributed by atoms with Gasteiger partial charge in [0.25, 0.3) is 0 Å². The van der Waals surface area contributed by atoms with Gasteiger partial charge in [-0.15, -0.1) is 0 Å². The van der Waals surface area contributed by atoms with Gasteiger partial charge in [-0.1, -0.05) is 18.2 Å². The summed E-state index contributed by atoms with van der Waals surface area (Å²) in [5.41, 5.74) is 3.82. The fraction of sp³-hybridized carbons (Fsp3) is 0.136. The lowest BCUT2D eigenvalue weighted by atomic mass is 10.1. The molecular weight excluding hydrogens is 366 g/mol. The van der Waals surface area contributed by atoms with Crippen LogP contribution in [0.2, 0.25) is 0 Å². The summed E-state index contributed by atoms with van der Waals surface area (Å²) in [6.45, 7) is 0.521. The fourth-order valence-electron chi connectivity index (χ4n) is 3.17. The van der Waals surface area contributed by atoms with Crippen LogP contribution >= 0.6 is 0 Å². The number of imidazole rings is 1. The van der Waals surface area contributed by atoms with E-state index in [9.17, 15) is 9.90 Å². The Morgan fingerprint density at radius 3 is 2.79 bits per heavy atom. The molecule has 2 heterocycles. The Bertz CT molecular complexity index is 1130. The maximum Gasteiger partial charge on any atom is 0.335 e. The first-order valence-electron chi connectivity index (χ1n) is 9.20. The minimum atomic E-state index is -0.956. The van der Waals surface area contributed by atoms with Crippen molar-refractivity contribution in [2.75, 3.05) is 30.9 Å². The summed E-state index contributed by atoms with van der Waals surface area (Å²) in [5.74, 6) is 0.374. The number of benzene rings is 2. The summed E-state index contributed by atoms with van der Waals surface area (Å²) in [4.78, 5) is 22.5. The number of nitrogens with one attached hydrogen (secondary N) is 1. The Morgan fingerprint density at radius 1 is 1.17 bits per heavy atom. The van der Waals surface area contributed by atoms with E-state index in [2.05, 4.69) is 15.3 Å². The van der Waals surface area contributed by atoms with Gasteiger partial charge in [-0.2, -0.15) is 0 Å². The fourth-order valence-corrected chi connectivity index (χ4v) is 3.17. The van der Waals surface area contributed by atoms with Gasteiger partial charge in [-0.3, -0.25) is 9.56 Å². The highest BCUT2D eigenvalue weighted by Crippen LogP contribution is 2.25. The second-order valence-electron chi connectivity index (χ2n) is 6.87. The number of aromatic nitrogens is 2. The van der Waals surface area contributed by atoms with Crippen molar-refractivity contribution in [3.8, 4) is 11.3 Å². The summed E-state index contributed by atoms with van der Waals surface area (Å²) in [6.07, 6.45) is 5.60. The Balaban J connectivity index is 1.71. The highest BCUT2D eigenvalue weighted by atomic mass is 16.4. The molecule has 1 aliphatic rings. The van der Waals surface area contributed by atoms with Gasteiger partial charge < -0.3 is 15.3 Å². The smallest absolute Gasteiger partial charge is 0.335 e. The molecule has 0 unspecified atom stereocenters. The summed E-state index contributed by atoms with van der Waals surface area (Å²) >= 11 is 0. The van der Waals surface area contributed by atoms with Crippen molar-refractivity contribution in [3.63, 3.8) is 0 Å². The van der Waals surface area contributed by atoms with Crippen molar-refractivity contribution >= 4 is 29.4 Å². The van der Waals surface area contributed by atoms with Crippen LogP contribution in [0, 0.1) is 0 Å². The normalized spacial score (nSPS) is 12.7. The molecule has 1 aromatic heterocycles. The SMILES string of the molecule is CN(C)c1cccc(NC2=NCC=Cn3c(-c4cccc(C(=O)O)c4)cnc32)c1. The number of carbonyl (C=O) groups is 1. The number of carboxylic acids is 1. The molecule has 2 N–H and O–H groups in total. The van der Waals surface area contributed by atoms with E-state index in [4.69, 9.17) is 0 Å². The van der Waals surface area contributed by atoms with Crippen molar-refractivity contribution in [3.05, 3.63) is 72.2 Å². The number of aliphatic imine (C=N–C) groups is 1. The summed E-state index contributed by atoms with van der Waals surface area (Å²) in [6, 6.07) is 14.9. The van der Waals surface area contributed by atoms with Crippen LogP contribution in [0.4, 0.5) is 11.4 Å². The van der Waals surface area contributed by atoms with Gasteiger partial charge in [0.15, 0.2) is 11.7 Å². The van der Waals surface area contributed by atoms with Crippen LogP contribution in [0.5, 0.6) is 0 Å². The Hall–Kier alpha value is -3.87. The van der Waals surface area contributed by atoms with Crippen LogP contribution in [0.15, 0.2) is 65.8 Å². The number of fused-ring (bicyclic) bond motifs is 1. The Labute approximate surface area is 168 Å². The number of aromatic carboxylic acids is 1. The van der Waals surface area contributed by atoms with Crippen LogP contribution in [-0.2, 0) is 0 Å². The molecule has 7 heteroatoms. The number of hydrogen-bond donors (Lipinski definition) is 2. The van der Waals surface area contributed by atoms with Crippen molar-refractivity contribution in [1.29, 1.82) is 0 Å². The van der Waals surface area contributed by atoms with Gasteiger partial charge in [-0.25, -0.2) is 9.78 Å². The summed E-state index contributed by atoms with van der Waals surface area (Å²) < 4.78 is 1.93. The number of amidine groups is 1. The van der Waals surface area contributed by atoms with E-state index in [0.29, 0.717) is 18.2 Å². The third-order valence-electron chi connectivity index (χ3n) is 4.65. The average molecular weight is 387 g/mol. The van der Waals surface area contributed by atoms with Crippen LogP contribution in [-0.4, -0.2) is 47.1 Å². The second-order valence-corrected chi connectivity index (χ2v) is 6.87. The highest BCUT2D eigenvalue weighted by molar-refractivity contribution is 6.07. The first-order chi connectivity index (χ1) is 14.0. The molecule has 1 aliphatic heterocycles. The molecule has 2 aromatic carbocycles. The van der Waals surface area contributed by atoms with Gasteiger partial charge >= 0.3 is 5.97 Å². The Morgan fingerprint density at radius 2 is 2.00 bits per heavy atom. The quantitative estimate of drug-likeness (QED) is 0.714. The summed E-state index contributed by atoms with van der Waals surface area (Å²) in [7, 11) is 3.99. The number of carboxylic acid groups (broad SMARTS) is 1. The second kappa shape index (κ2) is 7.63. The van der Waals surface area contributed by atoms with Crippen LogP contribution < -0.4 is 10.2 Å². The lowest BCUT2D eigenvalue weighted by molar-refractivity contribution is 0.0697. The van der Waals surface area contributed by atoms with E-state index in [-0.39, 0.29) is 5.56 Å². The molecule has 29 heavy (non-hydrogen) atoms. The maximum absolute atomic E-state index is 11.3. The molecule has 0 saturated carbocycles. The minimum Gasteiger partial charge on any atom is -0.478 e. The van der Waals surface area contributed by atoms with E-state index in [0.717, 1.165) is 22.6 Å². The van der Waals surface area contributed by atoms with Crippen molar-refractivity contribution in [2.24, 2.45) is 4.99 Å². The molecule has 0 amide bonds. The standard InChI is InChI=1S/C22H21N5O2/c1-26(2)18-9-4-8-17(13-18)25-20-21-24-14-19(27(21)11-5-10-23-20)15-6-3-7-16(12-15)22(28)29/h3-9,11-14H,10H2,1-2H3,(H,23,25)(H,28,29). The van der Waals surface area contributed by atoms with Crippen molar-refractivity contribution in [1.82, 2.24) is 9.55 Å². The van der Waals surface area contributed by atoms with E-state index >= 15 is 0 Å². The number of hydrogen-bond acceptors (Lipinski definition) is 5. The highest BCUT2D eigenvalue weighted by Gasteiger charge is 2.18. The molecular formula is C22H21N5O2. The van der Waals surface area contributed by atoms with Crippen LogP contribution in [0.25, 0.3) is 17.5 Å². The minimum absolute atomic E-state index is 0.239. The van der Waals surface area contributed by atoms with Gasteiger partial charge in [-0.05, 0) is 36.4 Å². The largest absolute Gasteiger partial charge is 0.478 e. The zero-order chi connectivity index (χ0) is 20.4. The van der Waals surface area contributed by atoms with E-state index in [1.807, 2.05) is 66.2 Å². The third-order valence-corrected chi connectivity index (χ3v) is 4.65. The van der Waals surface area contributed by atoms with Gasteiger partial charge in [0.2, 0.25) is 0 Å². The molecule has 0 aliphatic carbocycles. The first kappa shape index (κ1) is 18.5. The van der Waals surface area contributed by atoms with Gasteiger partial charge in [0, 0.05) is 37.2 Å². The zero-order valence-corrected chi connectivity index (χ0v) is 16.2. The molecule has 0 fully saturated rings.